The number of halogens is 1. The normalized spacial score (nSPS) is 12.2. The minimum atomic E-state index is 0.0706. The molecule has 130 valence electrons. The lowest BCUT2D eigenvalue weighted by atomic mass is 10.3. The molecule has 0 aliphatic heterocycles. The standard InChI is InChI=1S/C17H23ClN4OS/c1-4-9-24-13(3)10-16(23)21(5-2)15-12-22(20-17(15)18)14-7-6-8-19-11-14/h6-8,11-13H,4-5,9-10H2,1-3H3/t13-/m0/s1. The van der Waals surface area contributed by atoms with Gasteiger partial charge in [0.05, 0.1) is 18.1 Å². The zero-order valence-corrected chi connectivity index (χ0v) is 15.8. The SMILES string of the molecule is CCCS[C@@H](C)CC(=O)N(CC)c1cn(-c2cccnc2)nc1Cl. The largest absolute Gasteiger partial charge is 0.308 e. The Hall–Kier alpha value is -1.53. The molecule has 0 saturated heterocycles. The van der Waals surface area contributed by atoms with E-state index in [-0.39, 0.29) is 5.91 Å². The number of hydrogen-bond acceptors (Lipinski definition) is 4. The maximum atomic E-state index is 12.7. The number of anilines is 1. The van der Waals surface area contributed by atoms with Crippen LogP contribution in [0.3, 0.4) is 0 Å². The van der Waals surface area contributed by atoms with E-state index in [0.717, 1.165) is 17.9 Å². The zero-order chi connectivity index (χ0) is 17.5. The minimum Gasteiger partial charge on any atom is -0.308 e. The third-order valence-electron chi connectivity index (χ3n) is 3.54. The quantitative estimate of drug-likeness (QED) is 0.702. The van der Waals surface area contributed by atoms with E-state index in [4.69, 9.17) is 11.6 Å². The van der Waals surface area contributed by atoms with Crippen molar-refractivity contribution in [2.45, 2.75) is 38.9 Å². The highest BCUT2D eigenvalue weighted by molar-refractivity contribution is 7.99. The highest BCUT2D eigenvalue weighted by atomic mass is 35.5. The van der Waals surface area contributed by atoms with Gasteiger partial charge in [0.2, 0.25) is 5.91 Å². The highest BCUT2D eigenvalue weighted by Crippen LogP contribution is 2.27. The first-order valence-corrected chi connectivity index (χ1v) is 9.57. The fourth-order valence-electron chi connectivity index (χ4n) is 2.36. The van der Waals surface area contributed by atoms with Crippen LogP contribution in [-0.2, 0) is 4.79 Å². The number of aromatic nitrogens is 3. The molecule has 7 heteroatoms. The summed E-state index contributed by atoms with van der Waals surface area (Å²) in [7, 11) is 0. The van der Waals surface area contributed by atoms with Crippen molar-refractivity contribution in [2.75, 3.05) is 17.2 Å². The van der Waals surface area contributed by atoms with Gasteiger partial charge < -0.3 is 4.90 Å². The molecule has 0 aliphatic rings. The van der Waals surface area contributed by atoms with Crippen molar-refractivity contribution in [2.24, 2.45) is 0 Å². The predicted octanol–water partition coefficient (Wildman–Crippen LogP) is 4.20. The van der Waals surface area contributed by atoms with E-state index >= 15 is 0 Å². The van der Waals surface area contributed by atoms with Crippen LogP contribution in [0.1, 0.15) is 33.6 Å². The van der Waals surface area contributed by atoms with Gasteiger partial charge in [0.1, 0.15) is 5.69 Å². The molecule has 2 rings (SSSR count). The van der Waals surface area contributed by atoms with Gasteiger partial charge in [0, 0.05) is 24.4 Å². The molecule has 1 amide bonds. The number of hydrogen-bond donors (Lipinski definition) is 0. The molecule has 2 heterocycles. The topological polar surface area (TPSA) is 51.0 Å². The molecule has 0 saturated carbocycles. The van der Waals surface area contributed by atoms with E-state index in [1.807, 2.05) is 30.8 Å². The number of pyridine rings is 1. The first-order chi connectivity index (χ1) is 11.6. The molecule has 0 N–H and O–H groups in total. The van der Waals surface area contributed by atoms with E-state index in [1.54, 1.807) is 28.2 Å². The Morgan fingerprint density at radius 1 is 1.46 bits per heavy atom. The summed E-state index contributed by atoms with van der Waals surface area (Å²) < 4.78 is 1.65. The highest BCUT2D eigenvalue weighted by Gasteiger charge is 2.22. The van der Waals surface area contributed by atoms with Gasteiger partial charge in [-0.2, -0.15) is 16.9 Å². The van der Waals surface area contributed by atoms with Gasteiger partial charge in [-0.1, -0.05) is 25.4 Å². The van der Waals surface area contributed by atoms with Crippen LogP contribution in [0.4, 0.5) is 5.69 Å². The summed E-state index contributed by atoms with van der Waals surface area (Å²) in [5.41, 5.74) is 1.45. The van der Waals surface area contributed by atoms with E-state index in [2.05, 4.69) is 23.9 Å². The van der Waals surface area contributed by atoms with Crippen LogP contribution in [0.15, 0.2) is 30.7 Å². The van der Waals surface area contributed by atoms with Crippen molar-refractivity contribution in [1.29, 1.82) is 0 Å². The van der Waals surface area contributed by atoms with Gasteiger partial charge in [-0.25, -0.2) is 4.68 Å². The Morgan fingerprint density at radius 3 is 2.88 bits per heavy atom. The fourth-order valence-corrected chi connectivity index (χ4v) is 3.49. The molecule has 0 aliphatic carbocycles. The zero-order valence-electron chi connectivity index (χ0n) is 14.3. The number of carbonyl (C=O) groups excluding carboxylic acids is 1. The Morgan fingerprint density at radius 2 is 2.25 bits per heavy atom. The van der Waals surface area contributed by atoms with Crippen molar-refractivity contribution in [3.05, 3.63) is 35.9 Å². The molecular weight excluding hydrogens is 344 g/mol. The maximum Gasteiger partial charge on any atom is 0.228 e. The average Bonchev–Trinajstić information content (AvgIpc) is 2.96. The number of thioether (sulfide) groups is 1. The third kappa shape index (κ3) is 4.74. The summed E-state index contributed by atoms with van der Waals surface area (Å²) in [6.07, 6.45) is 6.79. The molecule has 24 heavy (non-hydrogen) atoms. The van der Waals surface area contributed by atoms with Crippen LogP contribution < -0.4 is 4.90 Å². The Kier molecular flexibility index (Phi) is 7.12. The summed E-state index contributed by atoms with van der Waals surface area (Å²) in [6, 6.07) is 3.72. The molecule has 0 radical (unpaired) electrons. The number of rotatable bonds is 8. The maximum absolute atomic E-state index is 12.7. The van der Waals surface area contributed by atoms with Crippen LogP contribution >= 0.6 is 23.4 Å². The molecule has 1 atom stereocenters. The van der Waals surface area contributed by atoms with E-state index in [1.165, 1.54) is 0 Å². The summed E-state index contributed by atoms with van der Waals surface area (Å²) >= 11 is 8.11. The van der Waals surface area contributed by atoms with Gasteiger partial charge >= 0.3 is 0 Å². The molecule has 0 fully saturated rings. The summed E-state index contributed by atoms with van der Waals surface area (Å²) in [5, 5.41) is 4.92. The van der Waals surface area contributed by atoms with E-state index in [9.17, 15) is 4.79 Å². The van der Waals surface area contributed by atoms with E-state index < -0.39 is 0 Å². The molecule has 5 nitrogen and oxygen atoms in total. The second-order valence-electron chi connectivity index (χ2n) is 5.48. The van der Waals surface area contributed by atoms with Gasteiger partial charge in [-0.15, -0.1) is 0 Å². The monoisotopic (exact) mass is 366 g/mol. The van der Waals surface area contributed by atoms with Gasteiger partial charge in [-0.3, -0.25) is 9.78 Å². The number of amides is 1. The summed E-state index contributed by atoms with van der Waals surface area (Å²) in [5.74, 6) is 1.14. The smallest absolute Gasteiger partial charge is 0.228 e. The van der Waals surface area contributed by atoms with Crippen molar-refractivity contribution in [3.63, 3.8) is 0 Å². The fraction of sp³-hybridized carbons (Fsp3) is 0.471. The Bertz CT molecular complexity index is 662. The van der Waals surface area contributed by atoms with Crippen molar-refractivity contribution < 1.29 is 4.79 Å². The Labute approximate surface area is 152 Å². The lowest BCUT2D eigenvalue weighted by molar-refractivity contribution is -0.118. The first-order valence-electron chi connectivity index (χ1n) is 8.14. The van der Waals surface area contributed by atoms with Crippen LogP contribution in [-0.4, -0.2) is 38.2 Å². The summed E-state index contributed by atoms with van der Waals surface area (Å²) in [6.45, 7) is 6.74. The van der Waals surface area contributed by atoms with E-state index in [0.29, 0.717) is 29.1 Å². The van der Waals surface area contributed by atoms with Crippen LogP contribution in [0.25, 0.3) is 5.69 Å². The minimum absolute atomic E-state index is 0.0706. The van der Waals surface area contributed by atoms with Gasteiger partial charge in [0.25, 0.3) is 0 Å². The second-order valence-corrected chi connectivity index (χ2v) is 7.39. The molecule has 0 spiro atoms. The molecule has 0 bridgehead atoms. The average molecular weight is 367 g/mol. The van der Waals surface area contributed by atoms with Crippen molar-refractivity contribution >= 4 is 35.0 Å². The predicted molar refractivity (Wildman–Crippen MR) is 101 cm³/mol. The molecule has 2 aromatic heterocycles. The second kappa shape index (κ2) is 9.08. The first kappa shape index (κ1) is 18.8. The van der Waals surface area contributed by atoms with Crippen molar-refractivity contribution in [1.82, 2.24) is 14.8 Å². The van der Waals surface area contributed by atoms with Crippen LogP contribution in [0.2, 0.25) is 5.15 Å². The van der Waals surface area contributed by atoms with Gasteiger partial charge in [0.15, 0.2) is 5.15 Å². The molecule has 0 aromatic carbocycles. The van der Waals surface area contributed by atoms with Crippen molar-refractivity contribution in [3.8, 4) is 5.69 Å². The number of carbonyl (C=O) groups is 1. The lowest BCUT2D eigenvalue weighted by Gasteiger charge is -2.21. The molecule has 0 unspecified atom stereocenters. The Balaban J connectivity index is 2.15. The van der Waals surface area contributed by atoms with Crippen LogP contribution in [0, 0.1) is 0 Å². The third-order valence-corrected chi connectivity index (χ3v) is 5.19. The molecule has 2 aromatic rings. The number of nitrogens with zero attached hydrogens (tertiary/aromatic N) is 4. The van der Waals surface area contributed by atoms with Gasteiger partial charge in [-0.05, 0) is 31.2 Å². The lowest BCUT2D eigenvalue weighted by Crippen LogP contribution is -2.32. The summed E-state index contributed by atoms with van der Waals surface area (Å²) in [4.78, 5) is 18.4. The molecular formula is C17H23ClN4OS. The van der Waals surface area contributed by atoms with Crippen LogP contribution in [0.5, 0.6) is 0 Å².